The molecule has 3 heteroatoms. The summed E-state index contributed by atoms with van der Waals surface area (Å²) >= 11 is 5.60. The van der Waals surface area contributed by atoms with Crippen LogP contribution in [-0.4, -0.2) is 7.05 Å². The second-order valence-electron chi connectivity index (χ2n) is 8.03. The summed E-state index contributed by atoms with van der Waals surface area (Å²) in [5, 5.41) is 8.29. The first-order valence-corrected chi connectivity index (χ1v) is 9.66. The van der Waals surface area contributed by atoms with Crippen LogP contribution in [0.15, 0.2) is 15.2 Å². The van der Waals surface area contributed by atoms with Crippen molar-refractivity contribution in [3.63, 3.8) is 0 Å². The number of hydrogen-bond acceptors (Lipinski definition) is 2. The van der Waals surface area contributed by atoms with Gasteiger partial charge in [-0.3, -0.25) is 0 Å². The van der Waals surface area contributed by atoms with E-state index in [4.69, 9.17) is 0 Å². The quantitative estimate of drug-likeness (QED) is 0.769. The van der Waals surface area contributed by atoms with Gasteiger partial charge in [-0.1, -0.05) is 6.92 Å². The van der Waals surface area contributed by atoms with Crippen molar-refractivity contribution >= 4 is 27.3 Å². The van der Waals surface area contributed by atoms with Gasteiger partial charge in [0.15, 0.2) is 0 Å². The Labute approximate surface area is 134 Å². The van der Waals surface area contributed by atoms with Gasteiger partial charge < -0.3 is 5.32 Å². The molecular weight excluding hydrogens is 330 g/mol. The molecule has 0 spiro atoms. The summed E-state index contributed by atoms with van der Waals surface area (Å²) in [7, 11) is 2.16. The third kappa shape index (κ3) is 1.96. The predicted molar refractivity (Wildman–Crippen MR) is 89.0 cm³/mol. The Bertz CT molecular complexity index is 509. The zero-order valence-electron chi connectivity index (χ0n) is 12.4. The lowest BCUT2D eigenvalue weighted by Crippen LogP contribution is -2.55. The van der Waals surface area contributed by atoms with Crippen LogP contribution in [0.3, 0.4) is 0 Å². The molecule has 0 saturated heterocycles. The normalized spacial score (nSPS) is 44.0. The van der Waals surface area contributed by atoms with Gasteiger partial charge in [-0.15, -0.1) is 0 Å². The van der Waals surface area contributed by atoms with Crippen LogP contribution in [0.5, 0.6) is 0 Å². The molecule has 0 amide bonds. The van der Waals surface area contributed by atoms with E-state index in [9.17, 15) is 0 Å². The number of hydrogen-bond donors (Lipinski definition) is 1. The molecule has 20 heavy (non-hydrogen) atoms. The molecule has 3 atom stereocenters. The van der Waals surface area contributed by atoms with Crippen molar-refractivity contribution in [2.75, 3.05) is 7.05 Å². The van der Waals surface area contributed by atoms with Crippen molar-refractivity contribution < 1.29 is 0 Å². The summed E-state index contributed by atoms with van der Waals surface area (Å²) in [4.78, 5) is 0. The average Bonchev–Trinajstić information content (AvgIpc) is 2.73. The van der Waals surface area contributed by atoms with Crippen molar-refractivity contribution in [2.24, 2.45) is 22.7 Å². The topological polar surface area (TPSA) is 12.0 Å². The van der Waals surface area contributed by atoms with E-state index in [-0.39, 0.29) is 0 Å². The fraction of sp³-hybridized carbons (Fsp3) is 0.765. The molecule has 5 rings (SSSR count). The maximum absolute atomic E-state index is 3.77. The van der Waals surface area contributed by atoms with Crippen molar-refractivity contribution in [2.45, 2.75) is 51.5 Å². The maximum atomic E-state index is 3.77. The van der Waals surface area contributed by atoms with Crippen LogP contribution in [0.25, 0.3) is 0 Å². The van der Waals surface area contributed by atoms with Crippen LogP contribution >= 0.6 is 27.3 Å². The molecule has 1 heterocycles. The summed E-state index contributed by atoms with van der Waals surface area (Å²) < 4.78 is 1.31. The van der Waals surface area contributed by atoms with Crippen molar-refractivity contribution in [1.29, 1.82) is 0 Å². The molecule has 4 aliphatic rings. The molecule has 110 valence electrons. The first kappa shape index (κ1) is 13.8. The summed E-state index contributed by atoms with van der Waals surface area (Å²) in [6, 6.07) is 0.536. The highest BCUT2D eigenvalue weighted by Crippen LogP contribution is 2.68. The van der Waals surface area contributed by atoms with Gasteiger partial charge in [0.25, 0.3) is 0 Å². The van der Waals surface area contributed by atoms with Crippen LogP contribution < -0.4 is 5.32 Å². The molecule has 4 bridgehead atoms. The van der Waals surface area contributed by atoms with Gasteiger partial charge >= 0.3 is 0 Å². The van der Waals surface area contributed by atoms with Crippen molar-refractivity contribution in [3.05, 3.63) is 20.8 Å². The van der Waals surface area contributed by atoms with Crippen molar-refractivity contribution in [3.8, 4) is 0 Å². The molecule has 1 aromatic rings. The molecule has 4 saturated carbocycles. The smallest absolute Gasteiger partial charge is 0.0394 e. The van der Waals surface area contributed by atoms with Gasteiger partial charge in [-0.25, -0.2) is 0 Å². The predicted octanol–water partition coefficient (Wildman–Crippen LogP) is 5.38. The third-order valence-electron chi connectivity index (χ3n) is 6.25. The second-order valence-corrected chi connectivity index (χ2v) is 9.63. The van der Waals surface area contributed by atoms with E-state index in [0.717, 1.165) is 11.8 Å². The van der Waals surface area contributed by atoms with E-state index in [0.29, 0.717) is 16.9 Å². The first-order chi connectivity index (χ1) is 9.54. The number of thiophene rings is 1. The fourth-order valence-corrected chi connectivity index (χ4v) is 7.98. The molecule has 3 unspecified atom stereocenters. The summed E-state index contributed by atoms with van der Waals surface area (Å²) in [5.74, 6) is 1.99. The van der Waals surface area contributed by atoms with E-state index >= 15 is 0 Å². The van der Waals surface area contributed by atoms with Crippen LogP contribution in [0.2, 0.25) is 0 Å². The molecule has 1 aromatic heterocycles. The molecule has 4 fully saturated rings. The van der Waals surface area contributed by atoms with Gasteiger partial charge in [0.05, 0.1) is 0 Å². The Kier molecular flexibility index (Phi) is 3.15. The highest BCUT2D eigenvalue weighted by Gasteiger charge is 2.58. The number of halogens is 1. The first-order valence-electron chi connectivity index (χ1n) is 7.92. The van der Waals surface area contributed by atoms with E-state index < -0.39 is 0 Å². The Morgan fingerprint density at radius 3 is 2.45 bits per heavy atom. The zero-order chi connectivity index (χ0) is 14.0. The molecule has 0 radical (unpaired) electrons. The van der Waals surface area contributed by atoms with Crippen LogP contribution in [0.4, 0.5) is 0 Å². The molecule has 1 N–H and O–H groups in total. The molecular formula is C17H24BrNS. The van der Waals surface area contributed by atoms with Gasteiger partial charge in [0.1, 0.15) is 0 Å². The SMILES string of the molecule is CNC(c1cscc1Br)C12CC3CC(CC(C)(C3)C1)C2. The summed E-state index contributed by atoms with van der Waals surface area (Å²) in [6.45, 7) is 2.56. The minimum absolute atomic E-state index is 0.511. The molecule has 1 nitrogen and oxygen atoms in total. The fourth-order valence-electron chi connectivity index (χ4n) is 6.42. The molecule has 4 aliphatic carbocycles. The van der Waals surface area contributed by atoms with Crippen molar-refractivity contribution in [1.82, 2.24) is 5.32 Å². The lowest BCUT2D eigenvalue weighted by atomic mass is 9.43. The maximum Gasteiger partial charge on any atom is 0.0394 e. The van der Waals surface area contributed by atoms with Crippen LogP contribution in [0.1, 0.15) is 57.1 Å². The standard InChI is InChI=1S/C17H24BrNS/c1-16-4-11-3-12(5-16)7-17(6-11,10-16)15(19-2)13-8-20-9-14(13)18/h8-9,11-12,15,19H,3-7,10H2,1-2H3. The van der Waals surface area contributed by atoms with Gasteiger partial charge in [-0.2, -0.15) is 11.3 Å². The number of rotatable bonds is 3. The zero-order valence-corrected chi connectivity index (χ0v) is 14.8. The Balaban J connectivity index is 1.74. The Morgan fingerprint density at radius 1 is 1.25 bits per heavy atom. The third-order valence-corrected chi connectivity index (χ3v) is 8.00. The molecule has 0 aromatic carbocycles. The Hall–Kier alpha value is 0.140. The minimum Gasteiger partial charge on any atom is -0.312 e. The van der Waals surface area contributed by atoms with E-state index in [1.165, 1.54) is 48.6 Å². The van der Waals surface area contributed by atoms with Gasteiger partial charge in [0.2, 0.25) is 0 Å². The van der Waals surface area contributed by atoms with Gasteiger partial charge in [-0.05, 0) is 95.1 Å². The largest absolute Gasteiger partial charge is 0.312 e. The minimum atomic E-state index is 0.511. The molecule has 0 aliphatic heterocycles. The summed E-state index contributed by atoms with van der Waals surface area (Å²) in [6.07, 6.45) is 8.83. The second kappa shape index (κ2) is 4.57. The monoisotopic (exact) mass is 353 g/mol. The van der Waals surface area contributed by atoms with Crippen LogP contribution in [-0.2, 0) is 0 Å². The average molecular weight is 354 g/mol. The van der Waals surface area contributed by atoms with E-state index in [1.807, 2.05) is 11.3 Å². The van der Waals surface area contributed by atoms with Crippen LogP contribution in [0, 0.1) is 22.7 Å². The lowest BCUT2D eigenvalue weighted by Gasteiger charge is -2.63. The summed E-state index contributed by atoms with van der Waals surface area (Å²) in [5.41, 5.74) is 2.64. The number of nitrogens with one attached hydrogen (secondary N) is 1. The highest BCUT2D eigenvalue weighted by molar-refractivity contribution is 9.10. The Morgan fingerprint density at radius 2 is 1.95 bits per heavy atom. The van der Waals surface area contributed by atoms with E-state index in [2.05, 4.69) is 46.0 Å². The van der Waals surface area contributed by atoms with Gasteiger partial charge in [0, 0.05) is 15.9 Å². The highest BCUT2D eigenvalue weighted by atomic mass is 79.9. The lowest BCUT2D eigenvalue weighted by molar-refractivity contribution is -0.118. The van der Waals surface area contributed by atoms with E-state index in [1.54, 1.807) is 0 Å².